The lowest BCUT2D eigenvalue weighted by atomic mass is 10.2. The molecule has 0 radical (unpaired) electrons. The van der Waals surface area contributed by atoms with Crippen LogP contribution in [0.15, 0.2) is 29.6 Å². The van der Waals surface area contributed by atoms with Crippen LogP contribution in [-0.4, -0.2) is 4.92 Å². The highest BCUT2D eigenvalue weighted by atomic mass is 32.1. The van der Waals surface area contributed by atoms with Gasteiger partial charge in [-0.15, -0.1) is 0 Å². The van der Waals surface area contributed by atoms with E-state index in [2.05, 4.69) is 5.32 Å². The van der Waals surface area contributed by atoms with E-state index in [1.807, 2.05) is 6.92 Å². The highest BCUT2D eigenvalue weighted by Crippen LogP contribution is 2.24. The van der Waals surface area contributed by atoms with Crippen molar-refractivity contribution in [3.63, 3.8) is 0 Å². The van der Waals surface area contributed by atoms with Crippen molar-refractivity contribution in [3.8, 4) is 0 Å². The van der Waals surface area contributed by atoms with Crippen molar-refractivity contribution in [3.05, 3.63) is 56.7 Å². The molecule has 4 nitrogen and oxygen atoms in total. The van der Waals surface area contributed by atoms with E-state index in [1.54, 1.807) is 11.4 Å². The van der Waals surface area contributed by atoms with E-state index in [0.717, 1.165) is 22.5 Å². The van der Waals surface area contributed by atoms with Gasteiger partial charge in [-0.25, -0.2) is 4.39 Å². The molecule has 0 saturated carbocycles. The molecule has 1 N–H and O–H groups in total. The fourth-order valence-electron chi connectivity index (χ4n) is 1.53. The standard InChI is InChI=1S/C12H11FN2O2S/c1-8-2-3-10(13)5-11(8)14-6-9-4-12(15(16)17)18-7-9/h2-5,7,14H,6H2,1H3. The number of nitro groups is 1. The molecule has 2 rings (SSSR count). The summed E-state index contributed by atoms with van der Waals surface area (Å²) in [5.41, 5.74) is 2.44. The molecule has 0 atom stereocenters. The summed E-state index contributed by atoms with van der Waals surface area (Å²) >= 11 is 1.09. The summed E-state index contributed by atoms with van der Waals surface area (Å²) in [4.78, 5) is 10.1. The third-order valence-electron chi connectivity index (χ3n) is 2.50. The Bertz CT molecular complexity index is 583. The minimum absolute atomic E-state index is 0.114. The molecule has 0 aliphatic rings. The maximum Gasteiger partial charge on any atom is 0.324 e. The molecule has 0 saturated heterocycles. The van der Waals surface area contributed by atoms with Crippen molar-refractivity contribution in [1.82, 2.24) is 0 Å². The van der Waals surface area contributed by atoms with E-state index in [1.165, 1.54) is 18.2 Å². The van der Waals surface area contributed by atoms with E-state index in [0.29, 0.717) is 12.2 Å². The first kappa shape index (κ1) is 12.5. The van der Waals surface area contributed by atoms with Gasteiger partial charge in [0.05, 0.1) is 4.92 Å². The maximum absolute atomic E-state index is 13.1. The molecule has 1 heterocycles. The number of nitrogens with zero attached hydrogens (tertiary/aromatic N) is 1. The molecule has 0 amide bonds. The van der Waals surface area contributed by atoms with Gasteiger partial charge in [-0.1, -0.05) is 17.4 Å². The number of benzene rings is 1. The summed E-state index contributed by atoms with van der Waals surface area (Å²) in [6, 6.07) is 6.02. The van der Waals surface area contributed by atoms with Crippen molar-refractivity contribution in [2.45, 2.75) is 13.5 Å². The zero-order chi connectivity index (χ0) is 13.1. The monoisotopic (exact) mass is 266 g/mol. The third kappa shape index (κ3) is 2.84. The molecule has 0 spiro atoms. The average Bonchev–Trinajstić information content (AvgIpc) is 2.79. The van der Waals surface area contributed by atoms with Crippen LogP contribution in [0.5, 0.6) is 0 Å². The SMILES string of the molecule is Cc1ccc(F)cc1NCc1csc([N+](=O)[O-])c1. The molecule has 0 fully saturated rings. The van der Waals surface area contributed by atoms with Crippen molar-refractivity contribution in [2.75, 3.05) is 5.32 Å². The van der Waals surface area contributed by atoms with Crippen molar-refractivity contribution in [1.29, 1.82) is 0 Å². The van der Waals surface area contributed by atoms with Crippen LogP contribution in [0.2, 0.25) is 0 Å². The highest BCUT2D eigenvalue weighted by molar-refractivity contribution is 7.13. The molecular weight excluding hydrogens is 255 g/mol. The third-order valence-corrected chi connectivity index (χ3v) is 3.43. The van der Waals surface area contributed by atoms with Crippen LogP contribution in [0.3, 0.4) is 0 Å². The Labute approximate surface area is 107 Å². The van der Waals surface area contributed by atoms with Crippen LogP contribution < -0.4 is 5.32 Å². The van der Waals surface area contributed by atoms with Gasteiger partial charge in [-0.3, -0.25) is 10.1 Å². The van der Waals surface area contributed by atoms with Gasteiger partial charge in [0.1, 0.15) is 5.82 Å². The summed E-state index contributed by atoms with van der Waals surface area (Å²) in [6.07, 6.45) is 0. The number of nitrogens with one attached hydrogen (secondary N) is 1. The first-order chi connectivity index (χ1) is 8.56. The van der Waals surface area contributed by atoms with Gasteiger partial charge in [0.2, 0.25) is 0 Å². The van der Waals surface area contributed by atoms with Crippen molar-refractivity contribution >= 4 is 22.0 Å². The zero-order valence-electron chi connectivity index (χ0n) is 9.64. The molecule has 94 valence electrons. The molecule has 0 aliphatic heterocycles. The predicted octanol–water partition coefficient (Wildman–Crippen LogP) is 3.72. The lowest BCUT2D eigenvalue weighted by Crippen LogP contribution is -2.00. The summed E-state index contributed by atoms with van der Waals surface area (Å²) in [5.74, 6) is -0.306. The van der Waals surface area contributed by atoms with Gasteiger partial charge in [-0.2, -0.15) is 0 Å². The van der Waals surface area contributed by atoms with E-state index in [9.17, 15) is 14.5 Å². The van der Waals surface area contributed by atoms with Crippen LogP contribution in [0.1, 0.15) is 11.1 Å². The molecule has 6 heteroatoms. The molecule has 2 aromatic rings. The van der Waals surface area contributed by atoms with E-state index >= 15 is 0 Å². The minimum Gasteiger partial charge on any atom is -0.381 e. The molecule has 1 aromatic heterocycles. The maximum atomic E-state index is 13.1. The zero-order valence-corrected chi connectivity index (χ0v) is 10.5. The van der Waals surface area contributed by atoms with Crippen molar-refractivity contribution in [2.24, 2.45) is 0 Å². The lowest BCUT2D eigenvalue weighted by Gasteiger charge is -2.08. The van der Waals surface area contributed by atoms with Gasteiger partial charge < -0.3 is 5.32 Å². The van der Waals surface area contributed by atoms with Crippen LogP contribution in [0, 0.1) is 22.9 Å². The highest BCUT2D eigenvalue weighted by Gasteiger charge is 2.09. The van der Waals surface area contributed by atoms with Crippen LogP contribution in [0.25, 0.3) is 0 Å². The second-order valence-electron chi connectivity index (χ2n) is 3.86. The largest absolute Gasteiger partial charge is 0.381 e. The Balaban J connectivity index is 2.06. The minimum atomic E-state index is -0.415. The molecule has 0 aliphatic carbocycles. The molecule has 1 aromatic carbocycles. The van der Waals surface area contributed by atoms with E-state index in [-0.39, 0.29) is 10.8 Å². The van der Waals surface area contributed by atoms with Gasteiger partial charge >= 0.3 is 5.00 Å². The van der Waals surface area contributed by atoms with Crippen LogP contribution >= 0.6 is 11.3 Å². The Morgan fingerprint density at radius 2 is 2.22 bits per heavy atom. The van der Waals surface area contributed by atoms with E-state index in [4.69, 9.17) is 0 Å². The Morgan fingerprint density at radius 3 is 2.89 bits per heavy atom. The number of hydrogen-bond acceptors (Lipinski definition) is 4. The fourth-order valence-corrected chi connectivity index (χ4v) is 2.26. The Kier molecular flexibility index (Phi) is 3.57. The number of anilines is 1. The summed E-state index contributed by atoms with van der Waals surface area (Å²) in [5, 5.41) is 15.4. The number of rotatable bonds is 4. The number of hydrogen-bond donors (Lipinski definition) is 1. The van der Waals surface area contributed by atoms with Crippen molar-refractivity contribution < 1.29 is 9.31 Å². The van der Waals surface area contributed by atoms with Gasteiger partial charge in [0.15, 0.2) is 0 Å². The number of thiophene rings is 1. The lowest BCUT2D eigenvalue weighted by molar-refractivity contribution is -0.380. The van der Waals surface area contributed by atoms with E-state index < -0.39 is 4.92 Å². The number of halogens is 1. The summed E-state index contributed by atoms with van der Waals surface area (Å²) in [6.45, 7) is 2.31. The first-order valence-electron chi connectivity index (χ1n) is 5.28. The van der Waals surface area contributed by atoms with Crippen LogP contribution in [-0.2, 0) is 6.54 Å². The van der Waals surface area contributed by atoms with Gasteiger partial charge in [-0.05, 0) is 30.2 Å². The summed E-state index contributed by atoms with van der Waals surface area (Å²) in [7, 11) is 0. The first-order valence-corrected chi connectivity index (χ1v) is 6.16. The van der Waals surface area contributed by atoms with Gasteiger partial charge in [0, 0.05) is 23.7 Å². The van der Waals surface area contributed by atoms with Crippen LogP contribution in [0.4, 0.5) is 15.1 Å². The second-order valence-corrected chi connectivity index (χ2v) is 4.75. The number of aryl methyl sites for hydroxylation is 1. The molecule has 0 unspecified atom stereocenters. The smallest absolute Gasteiger partial charge is 0.324 e. The quantitative estimate of drug-likeness (QED) is 0.678. The molecule has 18 heavy (non-hydrogen) atoms. The summed E-state index contributed by atoms with van der Waals surface area (Å²) < 4.78 is 13.1. The molecule has 0 bridgehead atoms. The topological polar surface area (TPSA) is 55.2 Å². The Hall–Kier alpha value is -1.95. The average molecular weight is 266 g/mol. The predicted molar refractivity (Wildman–Crippen MR) is 69.4 cm³/mol. The fraction of sp³-hybridized carbons (Fsp3) is 0.167. The normalized spacial score (nSPS) is 10.3. The molecular formula is C12H11FN2O2S. The second kappa shape index (κ2) is 5.14. The Morgan fingerprint density at radius 1 is 1.44 bits per heavy atom. The van der Waals surface area contributed by atoms with Gasteiger partial charge in [0.25, 0.3) is 0 Å².